The summed E-state index contributed by atoms with van der Waals surface area (Å²) >= 11 is 6.33. The van der Waals surface area contributed by atoms with E-state index in [0.29, 0.717) is 36.4 Å². The molecule has 0 radical (unpaired) electrons. The normalized spacial score (nSPS) is 20.0. The maximum Gasteiger partial charge on any atom is 0.336 e. The van der Waals surface area contributed by atoms with Crippen LogP contribution in [0.25, 0.3) is 11.0 Å². The molecule has 1 heterocycles. The summed E-state index contributed by atoms with van der Waals surface area (Å²) < 4.78 is 11.0. The number of fused-ring (bicyclic) bond motifs is 1. The number of aryl methyl sites for hydroxylation is 1. The molecule has 0 unspecified atom stereocenters. The summed E-state index contributed by atoms with van der Waals surface area (Å²) in [5.41, 5.74) is 0.733. The summed E-state index contributed by atoms with van der Waals surface area (Å²) in [5.74, 6) is -1.17. The molecule has 7 nitrogen and oxygen atoms in total. The smallest absolute Gasteiger partial charge is 0.336 e. The van der Waals surface area contributed by atoms with E-state index in [1.807, 2.05) is 6.92 Å². The molecular formula is C22H25ClNO6-. The number of rotatable bonds is 7. The molecule has 1 aliphatic rings. The van der Waals surface area contributed by atoms with Gasteiger partial charge in [-0.1, -0.05) is 18.5 Å². The third-order valence-electron chi connectivity index (χ3n) is 5.68. The van der Waals surface area contributed by atoms with Gasteiger partial charge in [0, 0.05) is 30.0 Å². The molecule has 2 aromatic rings. The highest BCUT2D eigenvalue weighted by molar-refractivity contribution is 6.32. The van der Waals surface area contributed by atoms with Crippen molar-refractivity contribution in [1.29, 1.82) is 0 Å². The maximum absolute atomic E-state index is 12.4. The summed E-state index contributed by atoms with van der Waals surface area (Å²) in [6.45, 7) is 4.01. The first-order valence-electron chi connectivity index (χ1n) is 10.2. The van der Waals surface area contributed by atoms with Gasteiger partial charge in [0.25, 0.3) is 5.91 Å². The Morgan fingerprint density at radius 3 is 2.60 bits per heavy atom. The molecule has 1 aromatic carbocycles. The monoisotopic (exact) mass is 434 g/mol. The second-order valence-corrected chi connectivity index (χ2v) is 8.17. The molecule has 1 aromatic heterocycles. The predicted molar refractivity (Wildman–Crippen MR) is 110 cm³/mol. The molecule has 1 fully saturated rings. The van der Waals surface area contributed by atoms with Crippen LogP contribution in [0.1, 0.15) is 45.1 Å². The zero-order valence-corrected chi connectivity index (χ0v) is 17.8. The molecule has 30 heavy (non-hydrogen) atoms. The van der Waals surface area contributed by atoms with Gasteiger partial charge in [0.05, 0.1) is 5.02 Å². The largest absolute Gasteiger partial charge is 0.550 e. The Kier molecular flexibility index (Phi) is 7.02. The molecule has 1 atom stereocenters. The predicted octanol–water partition coefficient (Wildman–Crippen LogP) is 2.45. The van der Waals surface area contributed by atoms with Crippen molar-refractivity contribution < 1.29 is 23.8 Å². The summed E-state index contributed by atoms with van der Waals surface area (Å²) in [4.78, 5) is 35.1. The lowest BCUT2D eigenvalue weighted by Crippen LogP contribution is -2.40. The number of benzene rings is 1. The van der Waals surface area contributed by atoms with Gasteiger partial charge in [-0.2, -0.15) is 0 Å². The number of aliphatic carboxylic acids is 1. The van der Waals surface area contributed by atoms with Crippen LogP contribution in [0.4, 0.5) is 0 Å². The van der Waals surface area contributed by atoms with Crippen LogP contribution < -0.4 is 20.8 Å². The van der Waals surface area contributed by atoms with E-state index < -0.39 is 17.7 Å². The van der Waals surface area contributed by atoms with E-state index in [9.17, 15) is 19.5 Å². The first kappa shape index (κ1) is 22.2. The summed E-state index contributed by atoms with van der Waals surface area (Å²) in [5, 5.41) is 14.8. The first-order valence-corrected chi connectivity index (χ1v) is 10.6. The Balaban J connectivity index is 1.61. The maximum atomic E-state index is 12.4. The van der Waals surface area contributed by atoms with Gasteiger partial charge < -0.3 is 24.4 Å². The van der Waals surface area contributed by atoms with Crippen molar-refractivity contribution in [2.24, 2.45) is 11.8 Å². The molecule has 1 amide bonds. The second kappa shape index (κ2) is 9.51. The summed E-state index contributed by atoms with van der Waals surface area (Å²) in [6, 6.07) is 4.65. The van der Waals surface area contributed by atoms with E-state index in [1.165, 1.54) is 12.1 Å². The fourth-order valence-electron chi connectivity index (χ4n) is 3.85. The number of amides is 1. The molecule has 0 bridgehead atoms. The summed E-state index contributed by atoms with van der Waals surface area (Å²) in [6.07, 6.45) is 2.48. The van der Waals surface area contributed by atoms with E-state index in [1.54, 1.807) is 13.0 Å². The average molecular weight is 435 g/mol. The molecule has 1 saturated carbocycles. The fourth-order valence-corrected chi connectivity index (χ4v) is 4.05. The molecule has 0 saturated heterocycles. The van der Waals surface area contributed by atoms with Gasteiger partial charge in [-0.3, -0.25) is 4.79 Å². The molecule has 1 aliphatic carbocycles. The van der Waals surface area contributed by atoms with Crippen LogP contribution in [0.3, 0.4) is 0 Å². The third-order valence-corrected chi connectivity index (χ3v) is 5.98. The van der Waals surface area contributed by atoms with Gasteiger partial charge in [-0.05, 0) is 62.5 Å². The highest BCUT2D eigenvalue weighted by atomic mass is 35.5. The number of carboxylic acids is 1. The quantitative estimate of drug-likeness (QED) is 0.670. The number of hydrogen-bond donors (Lipinski definition) is 1. The Morgan fingerprint density at radius 1 is 1.27 bits per heavy atom. The van der Waals surface area contributed by atoms with Crippen molar-refractivity contribution in [3.05, 3.63) is 39.2 Å². The van der Waals surface area contributed by atoms with E-state index in [4.69, 9.17) is 20.8 Å². The van der Waals surface area contributed by atoms with Crippen molar-refractivity contribution in [2.45, 2.75) is 52.1 Å². The SMILES string of the molecule is CCc1cc(=O)oc2cc(O[C@@H](C)C(=O)NCC3CCC(C(=O)[O-])CC3)c(Cl)cc12. The van der Waals surface area contributed by atoms with Crippen LogP contribution in [0.2, 0.25) is 5.02 Å². The Hall–Kier alpha value is -2.54. The molecule has 1 N–H and O–H groups in total. The van der Waals surface area contributed by atoms with Crippen LogP contribution in [0.5, 0.6) is 5.75 Å². The second-order valence-electron chi connectivity index (χ2n) is 7.76. The van der Waals surface area contributed by atoms with Crippen molar-refractivity contribution in [2.75, 3.05) is 6.54 Å². The highest BCUT2D eigenvalue weighted by Gasteiger charge is 2.24. The van der Waals surface area contributed by atoms with Gasteiger partial charge in [0.2, 0.25) is 0 Å². The number of nitrogens with one attached hydrogen (secondary N) is 1. The molecule has 0 aliphatic heterocycles. The Morgan fingerprint density at radius 2 is 1.97 bits per heavy atom. The molecule has 8 heteroatoms. The first-order chi connectivity index (χ1) is 14.3. The van der Waals surface area contributed by atoms with Crippen molar-refractivity contribution >= 4 is 34.4 Å². The van der Waals surface area contributed by atoms with E-state index in [-0.39, 0.29) is 23.5 Å². The van der Waals surface area contributed by atoms with E-state index in [0.717, 1.165) is 23.8 Å². The van der Waals surface area contributed by atoms with Gasteiger partial charge in [-0.15, -0.1) is 0 Å². The minimum Gasteiger partial charge on any atom is -0.550 e. The highest BCUT2D eigenvalue weighted by Crippen LogP contribution is 2.32. The Bertz CT molecular complexity index is 993. The van der Waals surface area contributed by atoms with Gasteiger partial charge >= 0.3 is 5.63 Å². The van der Waals surface area contributed by atoms with Crippen LogP contribution >= 0.6 is 11.6 Å². The van der Waals surface area contributed by atoms with Crippen LogP contribution in [-0.4, -0.2) is 24.5 Å². The van der Waals surface area contributed by atoms with Crippen molar-refractivity contribution in [3.63, 3.8) is 0 Å². The molecular weight excluding hydrogens is 410 g/mol. The van der Waals surface area contributed by atoms with Crippen LogP contribution in [0, 0.1) is 11.8 Å². The lowest BCUT2D eigenvalue weighted by Gasteiger charge is -2.29. The van der Waals surface area contributed by atoms with E-state index >= 15 is 0 Å². The number of carboxylic acid groups (broad SMARTS) is 1. The minimum atomic E-state index is -0.992. The van der Waals surface area contributed by atoms with Crippen molar-refractivity contribution in [1.82, 2.24) is 5.32 Å². The van der Waals surface area contributed by atoms with Gasteiger partial charge in [0.15, 0.2) is 6.10 Å². The zero-order chi connectivity index (χ0) is 21.8. The number of carbonyl (C=O) groups excluding carboxylic acids is 2. The van der Waals surface area contributed by atoms with Crippen LogP contribution in [-0.2, 0) is 16.0 Å². The third kappa shape index (κ3) is 5.14. The fraction of sp³-hybridized carbons (Fsp3) is 0.500. The summed E-state index contributed by atoms with van der Waals surface area (Å²) in [7, 11) is 0. The molecule has 3 rings (SSSR count). The van der Waals surface area contributed by atoms with Gasteiger partial charge in [0.1, 0.15) is 11.3 Å². The van der Waals surface area contributed by atoms with E-state index in [2.05, 4.69) is 5.32 Å². The number of hydrogen-bond acceptors (Lipinski definition) is 6. The molecule has 0 spiro atoms. The number of carbonyl (C=O) groups is 2. The zero-order valence-electron chi connectivity index (χ0n) is 17.0. The Labute approximate surface area is 179 Å². The lowest BCUT2D eigenvalue weighted by atomic mass is 9.82. The standard InChI is InChI=1S/C22H26ClNO6/c1-3-14-8-20(25)30-18-10-19(17(23)9-16(14)18)29-12(2)21(26)24-11-13-4-6-15(7-5-13)22(27)28/h8-10,12-13,15H,3-7,11H2,1-2H3,(H,24,26)(H,27,28)/p-1/t12-,13?,15?/m0/s1. The van der Waals surface area contributed by atoms with Crippen molar-refractivity contribution in [3.8, 4) is 5.75 Å². The minimum absolute atomic E-state index is 0.239. The van der Waals surface area contributed by atoms with Crippen LogP contribution in [0.15, 0.2) is 27.4 Å². The topological polar surface area (TPSA) is 109 Å². The molecule has 162 valence electrons. The average Bonchev–Trinajstić information content (AvgIpc) is 2.72. The van der Waals surface area contributed by atoms with Gasteiger partial charge in [-0.25, -0.2) is 4.79 Å². The number of ether oxygens (including phenoxy) is 1. The number of halogens is 1. The lowest BCUT2D eigenvalue weighted by molar-refractivity contribution is -0.312.